The molecule has 3 heterocycles. The molecule has 1 N–H and O–H groups in total. The highest BCUT2D eigenvalue weighted by atomic mass is 35.5. The summed E-state index contributed by atoms with van der Waals surface area (Å²) in [4.78, 5) is 2.68. The molecule has 0 aliphatic carbocycles. The number of alkyl halides is 1. The molecular formula is C13H21ClN4O2S. The van der Waals surface area contributed by atoms with Crippen LogP contribution in [0.5, 0.6) is 0 Å². The minimum Gasteiger partial charge on any atom is -0.299 e. The second kappa shape index (κ2) is 5.87. The number of sulfonamides is 1. The molecule has 2 fully saturated rings. The summed E-state index contributed by atoms with van der Waals surface area (Å²) in [6.45, 7) is 4.96. The van der Waals surface area contributed by atoms with Crippen molar-refractivity contribution in [3.63, 3.8) is 0 Å². The van der Waals surface area contributed by atoms with E-state index in [-0.39, 0.29) is 10.8 Å². The van der Waals surface area contributed by atoms with Gasteiger partial charge in [0.15, 0.2) is 0 Å². The fourth-order valence-corrected chi connectivity index (χ4v) is 5.54. The average Bonchev–Trinajstić information content (AvgIpc) is 2.99. The Morgan fingerprint density at radius 1 is 1.33 bits per heavy atom. The molecule has 1 aromatic heterocycles. The van der Waals surface area contributed by atoms with E-state index in [9.17, 15) is 8.42 Å². The lowest BCUT2D eigenvalue weighted by Gasteiger charge is -2.25. The first kappa shape index (κ1) is 15.3. The SMILES string of the molecule is Cc1[nH]nc(CCl)c1S(=O)(=O)N1CCCN2CCCC2C1. The monoisotopic (exact) mass is 332 g/mol. The Bertz CT molecular complexity index is 616. The van der Waals surface area contributed by atoms with Crippen molar-refractivity contribution in [3.8, 4) is 0 Å². The summed E-state index contributed by atoms with van der Waals surface area (Å²) in [5, 5.41) is 6.76. The molecule has 8 heteroatoms. The summed E-state index contributed by atoms with van der Waals surface area (Å²) < 4.78 is 27.6. The maximum atomic E-state index is 13.0. The lowest BCUT2D eigenvalue weighted by molar-refractivity contribution is 0.257. The minimum atomic E-state index is -3.53. The smallest absolute Gasteiger partial charge is 0.246 e. The van der Waals surface area contributed by atoms with Crippen LogP contribution in [0, 0.1) is 6.92 Å². The summed E-state index contributed by atoms with van der Waals surface area (Å²) in [7, 11) is -3.53. The van der Waals surface area contributed by atoms with E-state index >= 15 is 0 Å². The molecular weight excluding hydrogens is 312 g/mol. The molecule has 2 aliphatic heterocycles. The summed E-state index contributed by atoms with van der Waals surface area (Å²) in [6.07, 6.45) is 3.12. The Hall–Kier alpha value is -0.630. The molecule has 1 atom stereocenters. The van der Waals surface area contributed by atoms with Crippen LogP contribution in [-0.4, -0.2) is 60.0 Å². The van der Waals surface area contributed by atoms with Gasteiger partial charge in [-0.25, -0.2) is 8.42 Å². The Labute approximate surface area is 130 Å². The zero-order chi connectivity index (χ0) is 15.0. The number of nitrogens with one attached hydrogen (secondary N) is 1. The van der Waals surface area contributed by atoms with Crippen molar-refractivity contribution in [3.05, 3.63) is 11.4 Å². The van der Waals surface area contributed by atoms with Gasteiger partial charge in [0.05, 0.1) is 17.3 Å². The summed E-state index contributed by atoms with van der Waals surface area (Å²) in [5.74, 6) is 0.0995. The first-order valence-electron chi connectivity index (χ1n) is 7.38. The van der Waals surface area contributed by atoms with Crippen LogP contribution in [0.4, 0.5) is 0 Å². The van der Waals surface area contributed by atoms with Crippen LogP contribution in [0.1, 0.15) is 30.7 Å². The second-order valence-corrected chi connectivity index (χ2v) is 7.95. The van der Waals surface area contributed by atoms with Gasteiger partial charge >= 0.3 is 0 Å². The number of aryl methyl sites for hydroxylation is 1. The van der Waals surface area contributed by atoms with E-state index in [1.54, 1.807) is 11.2 Å². The molecule has 6 nitrogen and oxygen atoms in total. The van der Waals surface area contributed by atoms with Crippen molar-refractivity contribution in [2.45, 2.75) is 43.0 Å². The van der Waals surface area contributed by atoms with Gasteiger partial charge in [-0.3, -0.25) is 10.00 Å². The zero-order valence-electron chi connectivity index (χ0n) is 12.2. The third-order valence-corrected chi connectivity index (χ3v) is 6.77. The summed E-state index contributed by atoms with van der Waals surface area (Å²) in [5.41, 5.74) is 0.986. The van der Waals surface area contributed by atoms with Gasteiger partial charge in [0.25, 0.3) is 0 Å². The summed E-state index contributed by atoms with van der Waals surface area (Å²) >= 11 is 5.84. The molecule has 0 amide bonds. The summed E-state index contributed by atoms with van der Waals surface area (Å²) in [6, 6.07) is 0.355. The molecule has 1 aromatic rings. The van der Waals surface area contributed by atoms with Crippen molar-refractivity contribution in [2.75, 3.05) is 26.2 Å². The minimum absolute atomic E-state index is 0.0995. The van der Waals surface area contributed by atoms with Gasteiger partial charge in [0.1, 0.15) is 4.90 Å². The van der Waals surface area contributed by atoms with Gasteiger partial charge in [-0.15, -0.1) is 11.6 Å². The van der Waals surface area contributed by atoms with Crippen molar-refractivity contribution < 1.29 is 8.42 Å². The van der Waals surface area contributed by atoms with Gasteiger partial charge in [-0.05, 0) is 39.3 Å². The molecule has 3 rings (SSSR count). The van der Waals surface area contributed by atoms with Crippen molar-refractivity contribution in [1.82, 2.24) is 19.4 Å². The lowest BCUT2D eigenvalue weighted by atomic mass is 10.2. The lowest BCUT2D eigenvalue weighted by Crippen LogP contribution is -2.39. The largest absolute Gasteiger partial charge is 0.299 e. The molecule has 0 radical (unpaired) electrons. The van der Waals surface area contributed by atoms with Gasteiger partial charge in [0.2, 0.25) is 10.0 Å². The first-order chi connectivity index (χ1) is 10.0. The van der Waals surface area contributed by atoms with Gasteiger partial charge in [-0.2, -0.15) is 9.40 Å². The Morgan fingerprint density at radius 2 is 2.10 bits per heavy atom. The van der Waals surface area contributed by atoms with E-state index in [4.69, 9.17) is 11.6 Å². The molecule has 1 unspecified atom stereocenters. The van der Waals surface area contributed by atoms with Crippen molar-refractivity contribution in [2.24, 2.45) is 0 Å². The van der Waals surface area contributed by atoms with Crippen LogP contribution >= 0.6 is 11.6 Å². The normalized spacial score (nSPS) is 25.0. The zero-order valence-corrected chi connectivity index (χ0v) is 13.8. The Kier molecular flexibility index (Phi) is 4.27. The molecule has 0 aromatic carbocycles. The molecule has 0 saturated carbocycles. The average molecular weight is 333 g/mol. The number of fused-ring (bicyclic) bond motifs is 1. The van der Waals surface area contributed by atoms with Crippen LogP contribution < -0.4 is 0 Å². The van der Waals surface area contributed by atoms with Crippen LogP contribution in [0.3, 0.4) is 0 Å². The number of hydrogen-bond donors (Lipinski definition) is 1. The predicted octanol–water partition coefficient (Wildman–Crippen LogP) is 1.32. The molecule has 0 spiro atoms. The van der Waals surface area contributed by atoms with Crippen molar-refractivity contribution >= 4 is 21.6 Å². The van der Waals surface area contributed by atoms with Crippen LogP contribution in [-0.2, 0) is 15.9 Å². The molecule has 0 bridgehead atoms. The number of rotatable bonds is 3. The number of nitrogens with zero attached hydrogens (tertiary/aromatic N) is 3. The van der Waals surface area contributed by atoms with Gasteiger partial charge < -0.3 is 0 Å². The number of hydrogen-bond acceptors (Lipinski definition) is 4. The highest BCUT2D eigenvalue weighted by Crippen LogP contribution is 2.28. The third-order valence-electron chi connectivity index (χ3n) is 4.45. The van der Waals surface area contributed by atoms with Crippen LogP contribution in [0.25, 0.3) is 0 Å². The quantitative estimate of drug-likeness (QED) is 0.847. The van der Waals surface area contributed by atoms with E-state index in [1.807, 2.05) is 0 Å². The molecule has 118 valence electrons. The van der Waals surface area contributed by atoms with Crippen LogP contribution in [0.2, 0.25) is 0 Å². The highest BCUT2D eigenvalue weighted by molar-refractivity contribution is 7.89. The fraction of sp³-hybridized carbons (Fsp3) is 0.769. The standard InChI is InChI=1S/C13H21ClN4O2S/c1-10-13(12(8-14)16-15-10)21(19,20)18-7-3-6-17-5-2-4-11(17)9-18/h11H,2-9H2,1H3,(H,15,16). The fourth-order valence-electron chi connectivity index (χ4n) is 3.42. The molecule has 2 saturated heterocycles. The molecule has 21 heavy (non-hydrogen) atoms. The van der Waals surface area contributed by atoms with E-state index in [0.29, 0.717) is 30.5 Å². The Balaban J connectivity index is 1.92. The van der Waals surface area contributed by atoms with Crippen molar-refractivity contribution in [1.29, 1.82) is 0 Å². The first-order valence-corrected chi connectivity index (χ1v) is 9.35. The predicted molar refractivity (Wildman–Crippen MR) is 80.9 cm³/mol. The highest BCUT2D eigenvalue weighted by Gasteiger charge is 2.36. The number of halogens is 1. The second-order valence-electron chi connectivity index (χ2n) is 5.81. The third kappa shape index (κ3) is 2.72. The number of aromatic nitrogens is 2. The van der Waals surface area contributed by atoms with E-state index < -0.39 is 10.0 Å². The van der Waals surface area contributed by atoms with E-state index in [0.717, 1.165) is 32.4 Å². The number of aromatic amines is 1. The topological polar surface area (TPSA) is 69.3 Å². The Morgan fingerprint density at radius 3 is 2.86 bits per heavy atom. The molecule has 2 aliphatic rings. The van der Waals surface area contributed by atoms with E-state index in [1.165, 1.54) is 0 Å². The van der Waals surface area contributed by atoms with Crippen LogP contribution in [0.15, 0.2) is 4.90 Å². The maximum Gasteiger partial charge on any atom is 0.246 e. The maximum absolute atomic E-state index is 13.0. The van der Waals surface area contributed by atoms with Gasteiger partial charge in [-0.1, -0.05) is 0 Å². The van der Waals surface area contributed by atoms with E-state index in [2.05, 4.69) is 15.1 Å². The number of H-pyrrole nitrogens is 1. The van der Waals surface area contributed by atoms with Gasteiger partial charge in [0, 0.05) is 19.1 Å².